The molecule has 0 bridgehead atoms. The molecule has 0 aliphatic carbocycles. The van der Waals surface area contributed by atoms with Gasteiger partial charge in [0.15, 0.2) is 0 Å². The van der Waals surface area contributed by atoms with Gasteiger partial charge in [0.1, 0.15) is 0 Å². The maximum absolute atomic E-state index is 10.6. The summed E-state index contributed by atoms with van der Waals surface area (Å²) in [6, 6.07) is 7.11. The molecule has 0 radical (unpaired) electrons. The first-order chi connectivity index (χ1) is 5.61. The molecule has 0 saturated carbocycles. The number of anilines is 1. The van der Waals surface area contributed by atoms with Crippen LogP contribution >= 0.6 is 46.0 Å². The SMILES string of the molecule is O=C(Cl)N(Cl)c1ccc(I)cc1. The summed E-state index contributed by atoms with van der Waals surface area (Å²) < 4.78 is 1.93. The number of carbonyl (C=O) groups is 1. The highest BCUT2D eigenvalue weighted by molar-refractivity contribution is 14.1. The molecule has 2 nitrogen and oxygen atoms in total. The maximum Gasteiger partial charge on any atom is 0.335 e. The zero-order valence-corrected chi connectivity index (χ0v) is 9.47. The highest BCUT2D eigenvalue weighted by atomic mass is 127. The molecule has 0 aliphatic heterocycles. The molecular weight excluding hydrogens is 312 g/mol. The second-order valence-corrected chi connectivity index (χ2v) is 3.92. The largest absolute Gasteiger partial charge is 0.335 e. The van der Waals surface area contributed by atoms with Crippen molar-refractivity contribution in [2.24, 2.45) is 0 Å². The van der Waals surface area contributed by atoms with Crippen LogP contribution in [0.15, 0.2) is 24.3 Å². The topological polar surface area (TPSA) is 20.3 Å². The molecule has 0 aliphatic rings. The molecule has 0 atom stereocenters. The van der Waals surface area contributed by atoms with Crippen LogP contribution in [0.2, 0.25) is 0 Å². The molecule has 64 valence electrons. The highest BCUT2D eigenvalue weighted by Crippen LogP contribution is 2.19. The summed E-state index contributed by atoms with van der Waals surface area (Å²) in [7, 11) is 0. The Morgan fingerprint density at radius 3 is 2.25 bits per heavy atom. The molecule has 5 heteroatoms. The average Bonchev–Trinajstić information content (AvgIpc) is 2.04. The van der Waals surface area contributed by atoms with Gasteiger partial charge in [-0.05, 0) is 58.5 Å². The van der Waals surface area contributed by atoms with E-state index in [9.17, 15) is 4.79 Å². The third-order valence-corrected chi connectivity index (χ3v) is 2.53. The van der Waals surface area contributed by atoms with E-state index in [4.69, 9.17) is 23.4 Å². The second kappa shape index (κ2) is 4.30. The van der Waals surface area contributed by atoms with Gasteiger partial charge >= 0.3 is 5.37 Å². The van der Waals surface area contributed by atoms with E-state index < -0.39 is 5.37 Å². The van der Waals surface area contributed by atoms with Gasteiger partial charge in [0.2, 0.25) is 0 Å². The van der Waals surface area contributed by atoms with E-state index in [-0.39, 0.29) is 0 Å². The van der Waals surface area contributed by atoms with Gasteiger partial charge in [0.25, 0.3) is 0 Å². The van der Waals surface area contributed by atoms with Gasteiger partial charge in [-0.3, -0.25) is 4.79 Å². The van der Waals surface area contributed by atoms with E-state index in [2.05, 4.69) is 22.6 Å². The Bertz CT molecular complexity index is 288. The fourth-order valence-electron chi connectivity index (χ4n) is 0.673. The summed E-state index contributed by atoms with van der Waals surface area (Å²) in [4.78, 5) is 10.6. The quantitative estimate of drug-likeness (QED) is 0.335. The fourth-order valence-corrected chi connectivity index (χ4v) is 1.24. The van der Waals surface area contributed by atoms with Crippen molar-refractivity contribution in [1.82, 2.24) is 0 Å². The Hall–Kier alpha value is -0.000000000000000111. The van der Waals surface area contributed by atoms with E-state index in [0.29, 0.717) is 5.69 Å². The highest BCUT2D eigenvalue weighted by Gasteiger charge is 2.08. The summed E-state index contributed by atoms with van der Waals surface area (Å²) in [5, 5.41) is -0.710. The summed E-state index contributed by atoms with van der Waals surface area (Å²) >= 11 is 12.9. The van der Waals surface area contributed by atoms with Crippen molar-refractivity contribution in [2.45, 2.75) is 0 Å². The Kier molecular flexibility index (Phi) is 3.61. The molecule has 0 heterocycles. The molecule has 1 amide bonds. The van der Waals surface area contributed by atoms with Crippen LogP contribution < -0.4 is 4.42 Å². The number of benzene rings is 1. The lowest BCUT2D eigenvalue weighted by Gasteiger charge is -2.08. The number of halogens is 3. The van der Waals surface area contributed by atoms with E-state index in [0.717, 1.165) is 7.99 Å². The van der Waals surface area contributed by atoms with Gasteiger partial charge in [-0.25, -0.2) is 4.42 Å². The standard InChI is InChI=1S/C7H4Cl2INO/c8-7(12)11(9)6-3-1-5(10)2-4-6/h1-4H. The molecule has 0 fully saturated rings. The van der Waals surface area contributed by atoms with Gasteiger partial charge in [-0.15, -0.1) is 0 Å². The van der Waals surface area contributed by atoms with Crippen molar-refractivity contribution in [3.8, 4) is 0 Å². The average molecular weight is 316 g/mol. The first-order valence-corrected chi connectivity index (χ1v) is 4.81. The molecule has 0 saturated heterocycles. The zero-order valence-electron chi connectivity index (χ0n) is 5.80. The number of rotatable bonds is 1. The van der Waals surface area contributed by atoms with Gasteiger partial charge in [0, 0.05) is 15.3 Å². The Morgan fingerprint density at radius 2 is 1.83 bits per heavy atom. The van der Waals surface area contributed by atoms with Crippen LogP contribution in [0.1, 0.15) is 0 Å². The molecule has 0 unspecified atom stereocenters. The van der Waals surface area contributed by atoms with E-state index in [1.165, 1.54) is 0 Å². The van der Waals surface area contributed by atoms with Crippen LogP contribution in [-0.4, -0.2) is 5.37 Å². The number of hydrogen-bond acceptors (Lipinski definition) is 1. The maximum atomic E-state index is 10.6. The number of hydrogen-bond donors (Lipinski definition) is 0. The first kappa shape index (κ1) is 10.1. The number of nitrogens with zero attached hydrogens (tertiary/aromatic N) is 1. The molecule has 1 aromatic rings. The van der Waals surface area contributed by atoms with Crippen molar-refractivity contribution in [1.29, 1.82) is 0 Å². The van der Waals surface area contributed by atoms with Crippen molar-refractivity contribution in [2.75, 3.05) is 4.42 Å². The van der Waals surface area contributed by atoms with Gasteiger partial charge in [0.05, 0.1) is 5.69 Å². The third kappa shape index (κ3) is 2.50. The lowest BCUT2D eigenvalue weighted by molar-refractivity contribution is 0.267. The monoisotopic (exact) mass is 315 g/mol. The lowest BCUT2D eigenvalue weighted by atomic mass is 10.3. The van der Waals surface area contributed by atoms with Crippen LogP contribution in [0.5, 0.6) is 0 Å². The van der Waals surface area contributed by atoms with Crippen molar-refractivity contribution in [3.63, 3.8) is 0 Å². The Balaban J connectivity index is 2.89. The summed E-state index contributed by atoms with van der Waals surface area (Å²) in [6.45, 7) is 0. The smallest absolute Gasteiger partial charge is 0.254 e. The lowest BCUT2D eigenvalue weighted by Crippen LogP contribution is -2.12. The molecule has 0 spiro atoms. The van der Waals surface area contributed by atoms with Gasteiger partial charge in [-0.1, -0.05) is 0 Å². The normalized spacial score (nSPS) is 9.58. The minimum atomic E-state index is -0.710. The molecule has 1 aromatic carbocycles. The summed E-state index contributed by atoms with van der Waals surface area (Å²) in [5.41, 5.74) is 0.567. The van der Waals surface area contributed by atoms with Gasteiger partial charge < -0.3 is 0 Å². The molecule has 0 aromatic heterocycles. The van der Waals surface area contributed by atoms with E-state index in [1.807, 2.05) is 12.1 Å². The Labute approximate surface area is 93.7 Å². The molecule has 12 heavy (non-hydrogen) atoms. The van der Waals surface area contributed by atoms with Crippen LogP contribution in [0.4, 0.5) is 10.5 Å². The summed E-state index contributed by atoms with van der Waals surface area (Å²) in [6.07, 6.45) is 0. The van der Waals surface area contributed by atoms with Crippen molar-refractivity contribution < 1.29 is 4.79 Å². The third-order valence-electron chi connectivity index (χ3n) is 1.21. The van der Waals surface area contributed by atoms with E-state index in [1.54, 1.807) is 12.1 Å². The summed E-state index contributed by atoms with van der Waals surface area (Å²) in [5.74, 6) is 0. The Morgan fingerprint density at radius 1 is 1.33 bits per heavy atom. The minimum absolute atomic E-state index is 0.567. The predicted octanol–water partition coefficient (Wildman–Crippen LogP) is 3.61. The molecule has 0 N–H and O–H groups in total. The minimum Gasteiger partial charge on any atom is -0.254 e. The van der Waals surface area contributed by atoms with Crippen molar-refractivity contribution >= 4 is 57.0 Å². The van der Waals surface area contributed by atoms with E-state index >= 15 is 0 Å². The van der Waals surface area contributed by atoms with Crippen LogP contribution in [-0.2, 0) is 0 Å². The second-order valence-electron chi connectivity index (χ2n) is 2.01. The zero-order chi connectivity index (χ0) is 9.14. The molecule has 1 rings (SSSR count). The predicted molar refractivity (Wildman–Crippen MR) is 58.7 cm³/mol. The number of carbonyl (C=O) groups excluding carboxylic acids is 1. The van der Waals surface area contributed by atoms with Gasteiger partial charge in [-0.2, -0.15) is 0 Å². The van der Waals surface area contributed by atoms with Crippen molar-refractivity contribution in [3.05, 3.63) is 27.8 Å². The fraction of sp³-hybridized carbons (Fsp3) is 0. The first-order valence-electron chi connectivity index (χ1n) is 3.02. The van der Waals surface area contributed by atoms with Crippen LogP contribution in [0.3, 0.4) is 0 Å². The molecular formula is C7H4Cl2INO. The van der Waals surface area contributed by atoms with Crippen LogP contribution in [0, 0.1) is 3.57 Å². The number of amides is 1. The van der Waals surface area contributed by atoms with Crippen LogP contribution in [0.25, 0.3) is 0 Å².